The zero-order valence-corrected chi connectivity index (χ0v) is 13.0. The molecule has 2 aromatic carbocycles. The number of hydrogen-bond acceptors (Lipinski definition) is 2. The van der Waals surface area contributed by atoms with Crippen LogP contribution in [-0.4, -0.2) is 4.98 Å². The van der Waals surface area contributed by atoms with Crippen LogP contribution in [0.3, 0.4) is 0 Å². The Morgan fingerprint density at radius 2 is 1.68 bits per heavy atom. The normalized spacial score (nSPS) is 10.6. The first-order valence-corrected chi connectivity index (χ1v) is 7.28. The molecule has 94 valence electrons. The molecule has 0 aliphatic heterocycles. The van der Waals surface area contributed by atoms with Crippen LogP contribution < -0.4 is 4.74 Å². The lowest BCUT2D eigenvalue weighted by Gasteiger charge is -2.08. The minimum absolute atomic E-state index is 0.756. The number of fused-ring (bicyclic) bond motifs is 1. The molecule has 4 heteroatoms. The van der Waals surface area contributed by atoms with Crippen LogP contribution in [0.2, 0.25) is 0 Å². The van der Waals surface area contributed by atoms with Gasteiger partial charge in [-0.3, -0.25) is 4.98 Å². The van der Waals surface area contributed by atoms with E-state index in [2.05, 4.69) is 49.0 Å². The van der Waals surface area contributed by atoms with E-state index in [-0.39, 0.29) is 0 Å². The smallest absolute Gasteiger partial charge is 0.144 e. The minimum Gasteiger partial charge on any atom is -0.456 e. The molecule has 0 fully saturated rings. The van der Waals surface area contributed by atoms with E-state index in [1.54, 1.807) is 12.4 Å². The molecule has 1 heterocycles. The number of ether oxygens (including phenoxy) is 1. The van der Waals surface area contributed by atoms with Gasteiger partial charge in [0.1, 0.15) is 11.5 Å². The monoisotopic (exact) mass is 377 g/mol. The number of pyridine rings is 1. The summed E-state index contributed by atoms with van der Waals surface area (Å²) in [5.41, 5.74) is 0. The lowest BCUT2D eigenvalue weighted by Crippen LogP contribution is -1.86. The molecule has 0 radical (unpaired) electrons. The van der Waals surface area contributed by atoms with Gasteiger partial charge in [-0.1, -0.05) is 28.1 Å². The molecule has 0 unspecified atom stereocenters. The van der Waals surface area contributed by atoms with Crippen LogP contribution in [0.1, 0.15) is 0 Å². The summed E-state index contributed by atoms with van der Waals surface area (Å²) in [5, 5.41) is 2.32. The number of hydrogen-bond donors (Lipinski definition) is 0. The Hall–Kier alpha value is -1.39. The molecule has 0 N–H and O–H groups in total. The molecule has 0 saturated heterocycles. The van der Waals surface area contributed by atoms with Crippen molar-refractivity contribution < 1.29 is 4.74 Å². The van der Waals surface area contributed by atoms with Gasteiger partial charge in [0.25, 0.3) is 0 Å². The van der Waals surface area contributed by atoms with Crippen molar-refractivity contribution in [3.8, 4) is 11.5 Å². The summed E-state index contributed by atoms with van der Waals surface area (Å²) >= 11 is 6.89. The van der Waals surface area contributed by atoms with Crippen LogP contribution in [0.4, 0.5) is 0 Å². The fourth-order valence-corrected chi connectivity index (χ4v) is 2.54. The highest BCUT2D eigenvalue weighted by Gasteiger charge is 2.03. The highest BCUT2D eigenvalue weighted by Crippen LogP contribution is 2.30. The number of halogens is 2. The maximum absolute atomic E-state index is 5.85. The largest absolute Gasteiger partial charge is 0.456 e. The molecule has 0 spiro atoms. The summed E-state index contributed by atoms with van der Waals surface area (Å²) in [6.45, 7) is 0. The van der Waals surface area contributed by atoms with Crippen molar-refractivity contribution in [1.82, 2.24) is 4.98 Å². The number of benzene rings is 2. The van der Waals surface area contributed by atoms with Crippen molar-refractivity contribution in [2.45, 2.75) is 0 Å². The Balaban J connectivity index is 1.98. The van der Waals surface area contributed by atoms with Crippen LogP contribution >= 0.6 is 31.9 Å². The van der Waals surface area contributed by atoms with E-state index < -0.39 is 0 Å². The van der Waals surface area contributed by atoms with Crippen LogP contribution in [0.5, 0.6) is 11.5 Å². The van der Waals surface area contributed by atoms with E-state index >= 15 is 0 Å². The second-order valence-corrected chi connectivity index (χ2v) is 5.83. The zero-order valence-electron chi connectivity index (χ0n) is 9.81. The number of rotatable bonds is 2. The third-order valence-corrected chi connectivity index (χ3v) is 3.83. The van der Waals surface area contributed by atoms with E-state index in [0.717, 1.165) is 25.8 Å². The highest BCUT2D eigenvalue weighted by molar-refractivity contribution is 9.10. The third kappa shape index (κ3) is 2.80. The summed E-state index contributed by atoms with van der Waals surface area (Å²) in [6.07, 6.45) is 3.42. The molecule has 0 aliphatic carbocycles. The summed E-state index contributed by atoms with van der Waals surface area (Å²) in [6, 6.07) is 14.0. The molecule has 0 bridgehead atoms. The maximum Gasteiger partial charge on any atom is 0.144 e. The van der Waals surface area contributed by atoms with Crippen LogP contribution in [-0.2, 0) is 0 Å². The van der Waals surface area contributed by atoms with E-state index in [9.17, 15) is 0 Å². The predicted octanol–water partition coefficient (Wildman–Crippen LogP) is 5.55. The van der Waals surface area contributed by atoms with Gasteiger partial charge in [-0.25, -0.2) is 0 Å². The summed E-state index contributed by atoms with van der Waals surface area (Å²) in [7, 11) is 0. The molecule has 0 amide bonds. The van der Waals surface area contributed by atoms with Gasteiger partial charge in [-0.15, -0.1) is 0 Å². The quantitative estimate of drug-likeness (QED) is 0.583. The Morgan fingerprint density at radius 1 is 0.895 bits per heavy atom. The average molecular weight is 379 g/mol. The van der Waals surface area contributed by atoms with Gasteiger partial charge in [0.15, 0.2) is 0 Å². The van der Waals surface area contributed by atoms with E-state index in [1.807, 2.05) is 30.3 Å². The Bertz CT molecular complexity index is 743. The standard InChI is InChI=1S/C15H9Br2NO/c16-12-3-1-11-8-13(4-2-10(11)7-12)19-15-5-6-18-9-14(15)17/h1-9H. The lowest BCUT2D eigenvalue weighted by molar-refractivity contribution is 0.479. The number of nitrogens with zero attached hydrogens (tertiary/aromatic N) is 1. The van der Waals surface area contributed by atoms with E-state index in [0.29, 0.717) is 0 Å². The van der Waals surface area contributed by atoms with E-state index in [4.69, 9.17) is 4.74 Å². The molecular formula is C15H9Br2NO. The zero-order chi connectivity index (χ0) is 13.2. The van der Waals surface area contributed by atoms with Crippen LogP contribution in [0.25, 0.3) is 10.8 Å². The van der Waals surface area contributed by atoms with Crippen LogP contribution in [0, 0.1) is 0 Å². The van der Waals surface area contributed by atoms with Crippen molar-refractivity contribution in [1.29, 1.82) is 0 Å². The van der Waals surface area contributed by atoms with Gasteiger partial charge in [0, 0.05) is 22.9 Å². The van der Waals surface area contributed by atoms with Crippen molar-refractivity contribution in [2.75, 3.05) is 0 Å². The van der Waals surface area contributed by atoms with Gasteiger partial charge in [0.05, 0.1) is 4.47 Å². The summed E-state index contributed by atoms with van der Waals surface area (Å²) < 4.78 is 7.76. The molecule has 19 heavy (non-hydrogen) atoms. The Kier molecular flexibility index (Phi) is 3.53. The number of aromatic nitrogens is 1. The Morgan fingerprint density at radius 3 is 2.53 bits per heavy atom. The van der Waals surface area contributed by atoms with Crippen LogP contribution in [0.15, 0.2) is 63.8 Å². The molecule has 0 aliphatic rings. The molecule has 3 rings (SSSR count). The predicted molar refractivity (Wildman–Crippen MR) is 83.7 cm³/mol. The van der Waals surface area contributed by atoms with Crippen molar-refractivity contribution in [3.63, 3.8) is 0 Å². The summed E-state index contributed by atoms with van der Waals surface area (Å²) in [5.74, 6) is 1.56. The first kappa shape index (κ1) is 12.6. The fourth-order valence-electron chi connectivity index (χ4n) is 1.83. The lowest BCUT2D eigenvalue weighted by atomic mass is 10.1. The maximum atomic E-state index is 5.85. The van der Waals surface area contributed by atoms with E-state index in [1.165, 1.54) is 5.39 Å². The van der Waals surface area contributed by atoms with Gasteiger partial charge in [0.2, 0.25) is 0 Å². The molecule has 3 aromatic rings. The molecular weight excluding hydrogens is 370 g/mol. The van der Waals surface area contributed by atoms with Gasteiger partial charge >= 0.3 is 0 Å². The van der Waals surface area contributed by atoms with Crippen molar-refractivity contribution in [2.24, 2.45) is 0 Å². The van der Waals surface area contributed by atoms with Crippen molar-refractivity contribution in [3.05, 3.63) is 63.8 Å². The molecule has 1 aromatic heterocycles. The first-order chi connectivity index (χ1) is 9.22. The SMILES string of the molecule is Brc1ccc2cc(Oc3ccncc3Br)ccc2c1. The molecule has 2 nitrogen and oxygen atoms in total. The van der Waals surface area contributed by atoms with Gasteiger partial charge in [-0.05, 0) is 51.0 Å². The average Bonchev–Trinajstić information content (AvgIpc) is 2.41. The molecule has 0 saturated carbocycles. The summed E-state index contributed by atoms with van der Waals surface area (Å²) in [4.78, 5) is 4.01. The Labute approximate surface area is 127 Å². The first-order valence-electron chi connectivity index (χ1n) is 5.69. The molecule has 0 atom stereocenters. The van der Waals surface area contributed by atoms with Gasteiger partial charge in [-0.2, -0.15) is 0 Å². The highest BCUT2D eigenvalue weighted by atomic mass is 79.9. The minimum atomic E-state index is 0.756. The third-order valence-electron chi connectivity index (χ3n) is 2.74. The second kappa shape index (κ2) is 5.31. The topological polar surface area (TPSA) is 22.1 Å². The van der Waals surface area contributed by atoms with Gasteiger partial charge < -0.3 is 4.74 Å². The van der Waals surface area contributed by atoms with Crippen molar-refractivity contribution >= 4 is 42.6 Å². The second-order valence-electron chi connectivity index (χ2n) is 4.06. The fraction of sp³-hybridized carbons (Fsp3) is 0.